The molecular formula is C16H19N3O2. The third-order valence-corrected chi connectivity index (χ3v) is 3.82. The van der Waals surface area contributed by atoms with Crippen LogP contribution in [-0.4, -0.2) is 27.3 Å². The van der Waals surface area contributed by atoms with Crippen LogP contribution in [0.4, 0.5) is 0 Å². The lowest BCUT2D eigenvalue weighted by atomic mass is 9.94. The normalized spacial score (nSPS) is 15.7. The van der Waals surface area contributed by atoms with Gasteiger partial charge in [0, 0.05) is 6.04 Å². The summed E-state index contributed by atoms with van der Waals surface area (Å²) in [7, 11) is 0. The van der Waals surface area contributed by atoms with Crippen molar-refractivity contribution in [3.8, 4) is 0 Å². The lowest BCUT2D eigenvalue weighted by molar-refractivity contribution is -0.144. The first kappa shape index (κ1) is 13.8. The second kappa shape index (κ2) is 5.68. The number of hydrogen-bond acceptors (Lipinski definition) is 4. The molecule has 0 radical (unpaired) electrons. The van der Waals surface area contributed by atoms with E-state index in [4.69, 9.17) is 4.74 Å². The number of aryl methyl sites for hydroxylation is 1. The van der Waals surface area contributed by atoms with E-state index in [1.807, 2.05) is 42.7 Å². The van der Waals surface area contributed by atoms with Gasteiger partial charge >= 0.3 is 5.97 Å². The monoisotopic (exact) mass is 285 g/mol. The van der Waals surface area contributed by atoms with Gasteiger partial charge in [0.1, 0.15) is 12.2 Å². The highest BCUT2D eigenvalue weighted by atomic mass is 16.5. The Hall–Kier alpha value is -2.17. The standard InChI is InChI=1S/C16H19N3O2/c1-3-21-16(20)14(13-7-5-4-6-11(13)2)15-18-17-10-19(15)12-8-9-12/h4-7,10,12,14H,3,8-9H2,1-2H3. The van der Waals surface area contributed by atoms with Crippen LogP contribution in [0.15, 0.2) is 30.6 Å². The maximum Gasteiger partial charge on any atom is 0.321 e. The second-order valence-corrected chi connectivity index (χ2v) is 5.37. The summed E-state index contributed by atoms with van der Waals surface area (Å²) in [4.78, 5) is 12.5. The molecule has 21 heavy (non-hydrogen) atoms. The fraction of sp³-hybridized carbons (Fsp3) is 0.438. The molecule has 1 fully saturated rings. The smallest absolute Gasteiger partial charge is 0.321 e. The predicted molar refractivity (Wildman–Crippen MR) is 77.9 cm³/mol. The quantitative estimate of drug-likeness (QED) is 0.792. The number of hydrogen-bond donors (Lipinski definition) is 0. The minimum atomic E-state index is -0.505. The minimum Gasteiger partial charge on any atom is -0.465 e. The summed E-state index contributed by atoms with van der Waals surface area (Å²) in [6.07, 6.45) is 3.96. The number of aromatic nitrogens is 3. The molecule has 3 rings (SSSR count). The third kappa shape index (κ3) is 2.68. The molecule has 1 saturated carbocycles. The van der Waals surface area contributed by atoms with E-state index in [-0.39, 0.29) is 5.97 Å². The van der Waals surface area contributed by atoms with Gasteiger partial charge in [-0.1, -0.05) is 24.3 Å². The van der Waals surface area contributed by atoms with Crippen LogP contribution in [0.5, 0.6) is 0 Å². The van der Waals surface area contributed by atoms with E-state index in [1.165, 1.54) is 0 Å². The highest BCUT2D eigenvalue weighted by Gasteiger charge is 2.34. The molecular weight excluding hydrogens is 266 g/mol. The lowest BCUT2D eigenvalue weighted by Crippen LogP contribution is -2.22. The summed E-state index contributed by atoms with van der Waals surface area (Å²) >= 11 is 0. The van der Waals surface area contributed by atoms with Gasteiger partial charge < -0.3 is 9.30 Å². The van der Waals surface area contributed by atoms with Gasteiger partial charge in [-0.3, -0.25) is 4.79 Å². The van der Waals surface area contributed by atoms with Crippen LogP contribution >= 0.6 is 0 Å². The number of nitrogens with zero attached hydrogens (tertiary/aromatic N) is 3. The highest BCUT2D eigenvalue weighted by molar-refractivity contribution is 5.81. The number of esters is 1. The summed E-state index contributed by atoms with van der Waals surface area (Å²) in [6, 6.07) is 8.29. The van der Waals surface area contributed by atoms with Crippen LogP contribution in [0, 0.1) is 6.92 Å². The zero-order chi connectivity index (χ0) is 14.8. The van der Waals surface area contributed by atoms with Crippen molar-refractivity contribution in [3.63, 3.8) is 0 Å². The number of ether oxygens (including phenoxy) is 1. The molecule has 0 N–H and O–H groups in total. The van der Waals surface area contributed by atoms with Gasteiger partial charge in [0.05, 0.1) is 6.61 Å². The van der Waals surface area contributed by atoms with Crippen molar-refractivity contribution in [1.29, 1.82) is 0 Å². The van der Waals surface area contributed by atoms with E-state index in [1.54, 1.807) is 6.33 Å². The van der Waals surface area contributed by atoms with Crippen molar-refractivity contribution in [1.82, 2.24) is 14.8 Å². The van der Waals surface area contributed by atoms with Crippen molar-refractivity contribution in [2.45, 2.75) is 38.6 Å². The van der Waals surface area contributed by atoms with Crippen molar-refractivity contribution >= 4 is 5.97 Å². The van der Waals surface area contributed by atoms with E-state index >= 15 is 0 Å². The molecule has 2 aromatic rings. The molecule has 1 heterocycles. The highest BCUT2D eigenvalue weighted by Crippen LogP contribution is 2.38. The van der Waals surface area contributed by atoms with Crippen LogP contribution < -0.4 is 0 Å². The van der Waals surface area contributed by atoms with Crippen molar-refractivity contribution in [3.05, 3.63) is 47.5 Å². The molecule has 5 nitrogen and oxygen atoms in total. The Kier molecular flexibility index (Phi) is 3.73. The van der Waals surface area contributed by atoms with Crippen LogP contribution in [0.2, 0.25) is 0 Å². The number of carbonyl (C=O) groups is 1. The van der Waals surface area contributed by atoms with Gasteiger partial charge in [0.15, 0.2) is 5.82 Å². The van der Waals surface area contributed by atoms with E-state index in [0.29, 0.717) is 18.5 Å². The molecule has 0 saturated heterocycles. The van der Waals surface area contributed by atoms with E-state index in [2.05, 4.69) is 10.2 Å². The van der Waals surface area contributed by atoms with Crippen LogP contribution in [0.1, 0.15) is 48.7 Å². The largest absolute Gasteiger partial charge is 0.465 e. The zero-order valence-electron chi connectivity index (χ0n) is 12.3. The van der Waals surface area contributed by atoms with Crippen molar-refractivity contribution < 1.29 is 9.53 Å². The van der Waals surface area contributed by atoms with Crippen molar-refractivity contribution in [2.75, 3.05) is 6.61 Å². The average Bonchev–Trinajstić information content (AvgIpc) is 3.21. The van der Waals surface area contributed by atoms with Gasteiger partial charge in [-0.25, -0.2) is 0 Å². The Morgan fingerprint density at radius 2 is 2.19 bits per heavy atom. The molecule has 1 aliphatic rings. The number of rotatable bonds is 5. The first-order valence-corrected chi connectivity index (χ1v) is 7.34. The fourth-order valence-electron chi connectivity index (χ4n) is 2.60. The molecule has 1 unspecified atom stereocenters. The zero-order valence-corrected chi connectivity index (χ0v) is 12.3. The first-order chi connectivity index (χ1) is 10.2. The molecule has 1 aliphatic carbocycles. The third-order valence-electron chi connectivity index (χ3n) is 3.82. The number of carbonyl (C=O) groups excluding carboxylic acids is 1. The molecule has 0 bridgehead atoms. The SMILES string of the molecule is CCOC(=O)C(c1ccccc1C)c1nncn1C1CC1. The van der Waals surface area contributed by atoms with Gasteiger partial charge in [-0.15, -0.1) is 10.2 Å². The Morgan fingerprint density at radius 1 is 1.43 bits per heavy atom. The van der Waals surface area contributed by atoms with Crippen molar-refractivity contribution in [2.24, 2.45) is 0 Å². The second-order valence-electron chi connectivity index (χ2n) is 5.37. The maximum absolute atomic E-state index is 12.5. The van der Waals surface area contributed by atoms with E-state index < -0.39 is 5.92 Å². The van der Waals surface area contributed by atoms with Crippen LogP contribution in [0.25, 0.3) is 0 Å². The Morgan fingerprint density at radius 3 is 2.86 bits per heavy atom. The topological polar surface area (TPSA) is 57.0 Å². The molecule has 1 atom stereocenters. The first-order valence-electron chi connectivity index (χ1n) is 7.34. The Balaban J connectivity index is 2.06. The predicted octanol–water partition coefficient (Wildman–Crippen LogP) is 2.62. The van der Waals surface area contributed by atoms with Crippen LogP contribution in [0.3, 0.4) is 0 Å². The summed E-state index contributed by atoms with van der Waals surface area (Å²) in [5.41, 5.74) is 1.99. The van der Waals surface area contributed by atoms with E-state index in [9.17, 15) is 4.79 Å². The van der Waals surface area contributed by atoms with Crippen LogP contribution in [-0.2, 0) is 9.53 Å². The molecule has 1 aromatic carbocycles. The fourth-order valence-corrected chi connectivity index (χ4v) is 2.60. The average molecular weight is 285 g/mol. The summed E-state index contributed by atoms with van der Waals surface area (Å²) in [5.74, 6) is -0.0822. The van der Waals surface area contributed by atoms with Gasteiger partial charge in [0.25, 0.3) is 0 Å². The van der Waals surface area contributed by atoms with Gasteiger partial charge in [-0.05, 0) is 37.8 Å². The Labute approximate surface area is 124 Å². The van der Waals surface area contributed by atoms with Gasteiger partial charge in [-0.2, -0.15) is 0 Å². The summed E-state index contributed by atoms with van der Waals surface area (Å²) in [5, 5.41) is 8.22. The summed E-state index contributed by atoms with van der Waals surface area (Å²) < 4.78 is 7.29. The minimum absolute atomic E-state index is 0.262. The summed E-state index contributed by atoms with van der Waals surface area (Å²) in [6.45, 7) is 4.18. The molecule has 1 aromatic heterocycles. The van der Waals surface area contributed by atoms with E-state index in [0.717, 1.165) is 24.0 Å². The maximum atomic E-state index is 12.5. The lowest BCUT2D eigenvalue weighted by Gasteiger charge is -2.18. The number of benzene rings is 1. The molecule has 0 amide bonds. The molecule has 5 heteroatoms. The van der Waals surface area contributed by atoms with Gasteiger partial charge in [0.2, 0.25) is 0 Å². The Bertz CT molecular complexity index is 646. The molecule has 0 aliphatic heterocycles. The molecule has 0 spiro atoms. The molecule has 110 valence electrons.